The first kappa shape index (κ1) is 32.8. The van der Waals surface area contributed by atoms with Crippen molar-refractivity contribution in [3.05, 3.63) is 223 Å². The molecule has 0 N–H and O–H groups in total. The van der Waals surface area contributed by atoms with E-state index in [2.05, 4.69) is 192 Å². The number of benzene rings is 5. The third-order valence-electron chi connectivity index (χ3n) is 8.47. The summed E-state index contributed by atoms with van der Waals surface area (Å²) in [6.45, 7) is 6.09. The molecule has 5 aromatic carbocycles. The van der Waals surface area contributed by atoms with Gasteiger partial charge in [-0.25, -0.2) is 0 Å². The first-order valence-electron chi connectivity index (χ1n) is 16.9. The molecule has 0 saturated carbocycles. The molecule has 0 atom stereocenters. The zero-order valence-electron chi connectivity index (χ0n) is 28.1. The van der Waals surface area contributed by atoms with E-state index in [-0.39, 0.29) is 0 Å². The fourth-order valence-corrected chi connectivity index (χ4v) is 5.88. The summed E-state index contributed by atoms with van der Waals surface area (Å²) in [7, 11) is 0. The van der Waals surface area contributed by atoms with Gasteiger partial charge in [0.25, 0.3) is 0 Å². The van der Waals surface area contributed by atoms with Crippen molar-refractivity contribution >= 4 is 40.6 Å². The van der Waals surface area contributed by atoms with Crippen LogP contribution < -0.4 is 9.80 Å². The SMILES string of the molecule is C=C/C(=C\C=C/C)N(c1ccccc1)c1ccc(/C=C/C2=CC=C(/C=C/c3ccc(N(c4ccccc4)c4ccccc4)cc3)CC2)cc1. The summed E-state index contributed by atoms with van der Waals surface area (Å²) in [5.74, 6) is 0. The molecule has 240 valence electrons. The fourth-order valence-electron chi connectivity index (χ4n) is 5.88. The second-order valence-electron chi connectivity index (χ2n) is 11.8. The molecule has 0 fully saturated rings. The van der Waals surface area contributed by atoms with Gasteiger partial charge in [0.1, 0.15) is 0 Å². The minimum absolute atomic E-state index is 1.02. The lowest BCUT2D eigenvalue weighted by atomic mass is 9.96. The molecule has 0 aromatic heterocycles. The average Bonchev–Trinajstić information content (AvgIpc) is 3.17. The van der Waals surface area contributed by atoms with Crippen molar-refractivity contribution in [3.63, 3.8) is 0 Å². The van der Waals surface area contributed by atoms with Crippen LogP contribution in [0.1, 0.15) is 30.9 Å². The quantitative estimate of drug-likeness (QED) is 0.126. The highest BCUT2D eigenvalue weighted by Crippen LogP contribution is 2.35. The van der Waals surface area contributed by atoms with Gasteiger partial charge in [-0.15, -0.1) is 0 Å². The zero-order valence-corrected chi connectivity index (χ0v) is 28.1. The molecule has 5 aromatic rings. The molecule has 49 heavy (non-hydrogen) atoms. The summed E-state index contributed by atoms with van der Waals surface area (Å²) < 4.78 is 0. The van der Waals surface area contributed by atoms with E-state index < -0.39 is 0 Å². The van der Waals surface area contributed by atoms with E-state index >= 15 is 0 Å². The van der Waals surface area contributed by atoms with E-state index in [1.54, 1.807) is 0 Å². The molecule has 1 aliphatic rings. The predicted molar refractivity (Wildman–Crippen MR) is 213 cm³/mol. The van der Waals surface area contributed by atoms with Gasteiger partial charge in [0.15, 0.2) is 0 Å². The summed E-state index contributed by atoms with van der Waals surface area (Å²) >= 11 is 0. The number of allylic oxidation sites excluding steroid dienone is 10. The average molecular weight is 635 g/mol. The smallest absolute Gasteiger partial charge is 0.0462 e. The Morgan fingerprint density at radius 3 is 1.35 bits per heavy atom. The van der Waals surface area contributed by atoms with Gasteiger partial charge in [-0.3, -0.25) is 0 Å². The molecule has 0 saturated heterocycles. The van der Waals surface area contributed by atoms with Gasteiger partial charge in [0, 0.05) is 34.1 Å². The maximum Gasteiger partial charge on any atom is 0.0462 e. The second kappa shape index (κ2) is 16.6. The third kappa shape index (κ3) is 8.62. The first-order valence-corrected chi connectivity index (χ1v) is 16.9. The van der Waals surface area contributed by atoms with Crippen LogP contribution in [0.15, 0.2) is 212 Å². The van der Waals surface area contributed by atoms with Crippen LogP contribution in [0, 0.1) is 0 Å². The molecule has 1 aliphatic carbocycles. The Kier molecular flexibility index (Phi) is 11.1. The lowest BCUT2D eigenvalue weighted by Crippen LogP contribution is -2.14. The van der Waals surface area contributed by atoms with Crippen LogP contribution >= 0.6 is 0 Å². The highest BCUT2D eigenvalue weighted by Gasteiger charge is 2.13. The molecule has 6 rings (SSSR count). The molecule has 0 bridgehead atoms. The Bertz CT molecular complexity index is 1950. The topological polar surface area (TPSA) is 6.48 Å². The van der Waals surface area contributed by atoms with Crippen molar-refractivity contribution in [1.82, 2.24) is 0 Å². The molecule has 0 spiro atoms. The first-order chi connectivity index (χ1) is 24.2. The van der Waals surface area contributed by atoms with Crippen molar-refractivity contribution in [1.29, 1.82) is 0 Å². The standard InChI is InChI=1S/C47H42N2/c1-3-5-15-42(4-2)48(43-16-9-6-10-17-43)46-34-30-40(31-35-46)28-26-38-22-24-39(25-23-38)27-29-41-32-36-47(37-33-41)49(44-18-11-7-12-19-44)45-20-13-8-14-21-45/h3-22,24,26-37H,2,23,25H2,1H3/b5-3-,28-26+,29-27+,42-15+. The summed E-state index contributed by atoms with van der Waals surface area (Å²) in [5, 5.41) is 0. The van der Waals surface area contributed by atoms with E-state index in [4.69, 9.17) is 0 Å². The molecule has 0 aliphatic heterocycles. The van der Waals surface area contributed by atoms with Crippen LogP contribution in [-0.2, 0) is 0 Å². The van der Waals surface area contributed by atoms with Gasteiger partial charge >= 0.3 is 0 Å². The van der Waals surface area contributed by atoms with Crippen LogP contribution in [-0.4, -0.2) is 0 Å². The Hall–Kier alpha value is -6.12. The van der Waals surface area contributed by atoms with Gasteiger partial charge in [0.2, 0.25) is 0 Å². The minimum Gasteiger partial charge on any atom is -0.311 e. The van der Waals surface area contributed by atoms with Crippen molar-refractivity contribution in [2.45, 2.75) is 19.8 Å². The number of hydrogen-bond donors (Lipinski definition) is 0. The van der Waals surface area contributed by atoms with Crippen LogP contribution in [0.5, 0.6) is 0 Å². The summed E-state index contributed by atoms with van der Waals surface area (Å²) in [4.78, 5) is 4.51. The largest absolute Gasteiger partial charge is 0.311 e. The number of hydrogen-bond acceptors (Lipinski definition) is 2. The second-order valence-corrected chi connectivity index (χ2v) is 11.8. The van der Waals surface area contributed by atoms with Gasteiger partial charge < -0.3 is 9.80 Å². The molecule has 0 radical (unpaired) electrons. The van der Waals surface area contributed by atoms with Crippen molar-refractivity contribution in [2.24, 2.45) is 0 Å². The molecular formula is C47H42N2. The zero-order chi connectivity index (χ0) is 33.7. The van der Waals surface area contributed by atoms with Crippen LogP contribution in [0.25, 0.3) is 12.2 Å². The molecular weight excluding hydrogens is 593 g/mol. The highest BCUT2D eigenvalue weighted by atomic mass is 15.1. The maximum absolute atomic E-state index is 4.07. The van der Waals surface area contributed by atoms with Crippen molar-refractivity contribution in [2.75, 3.05) is 9.80 Å². The van der Waals surface area contributed by atoms with E-state index in [0.29, 0.717) is 0 Å². The Morgan fingerprint density at radius 2 is 0.918 bits per heavy atom. The Labute approximate surface area is 292 Å². The fraction of sp³-hybridized carbons (Fsp3) is 0.0638. The van der Waals surface area contributed by atoms with E-state index in [0.717, 1.165) is 47.0 Å². The number of rotatable bonds is 12. The minimum atomic E-state index is 1.02. The molecule has 0 heterocycles. The molecule has 0 unspecified atom stereocenters. The van der Waals surface area contributed by atoms with Crippen molar-refractivity contribution in [3.8, 4) is 0 Å². The molecule has 0 amide bonds. The number of anilines is 5. The Balaban J connectivity index is 1.11. The molecule has 2 heteroatoms. The van der Waals surface area contributed by atoms with Crippen molar-refractivity contribution < 1.29 is 0 Å². The molecule has 2 nitrogen and oxygen atoms in total. The summed E-state index contributed by atoms with van der Waals surface area (Å²) in [5.41, 5.74) is 11.7. The normalized spacial score (nSPS) is 13.4. The van der Waals surface area contributed by atoms with E-state index in [1.807, 2.05) is 31.2 Å². The van der Waals surface area contributed by atoms with Crippen LogP contribution in [0.2, 0.25) is 0 Å². The third-order valence-corrected chi connectivity index (χ3v) is 8.47. The van der Waals surface area contributed by atoms with E-state index in [1.165, 1.54) is 22.3 Å². The lowest BCUT2D eigenvalue weighted by molar-refractivity contribution is 0.954. The monoisotopic (exact) mass is 634 g/mol. The van der Waals surface area contributed by atoms with Gasteiger partial charge in [-0.2, -0.15) is 0 Å². The van der Waals surface area contributed by atoms with Gasteiger partial charge in [-0.1, -0.05) is 134 Å². The van der Waals surface area contributed by atoms with Gasteiger partial charge in [-0.05, 0) is 115 Å². The number of nitrogens with zero attached hydrogens (tertiary/aromatic N) is 2. The van der Waals surface area contributed by atoms with Crippen LogP contribution in [0.4, 0.5) is 28.4 Å². The predicted octanol–water partition coefficient (Wildman–Crippen LogP) is 13.3. The summed E-state index contributed by atoms with van der Waals surface area (Å²) in [6.07, 6.45) is 23.5. The lowest BCUT2D eigenvalue weighted by Gasteiger charge is -2.26. The van der Waals surface area contributed by atoms with Gasteiger partial charge in [0.05, 0.1) is 0 Å². The maximum atomic E-state index is 4.07. The summed E-state index contributed by atoms with van der Waals surface area (Å²) in [6, 6.07) is 48.9. The Morgan fingerprint density at radius 1 is 0.510 bits per heavy atom. The number of para-hydroxylation sites is 3. The highest BCUT2D eigenvalue weighted by molar-refractivity contribution is 5.77. The van der Waals surface area contributed by atoms with E-state index in [9.17, 15) is 0 Å². The van der Waals surface area contributed by atoms with Crippen LogP contribution in [0.3, 0.4) is 0 Å².